The van der Waals surface area contributed by atoms with Gasteiger partial charge in [-0.3, -0.25) is 0 Å². The second-order valence-corrected chi connectivity index (χ2v) is 7.66. The van der Waals surface area contributed by atoms with Crippen LogP contribution in [0.5, 0.6) is 5.88 Å². The Labute approximate surface area is 143 Å². The summed E-state index contributed by atoms with van der Waals surface area (Å²) in [6, 6.07) is 11.3. The van der Waals surface area contributed by atoms with E-state index in [1.54, 1.807) is 29.7 Å². The number of anilines is 1. The monoisotopic (exact) mass is 366 g/mol. The summed E-state index contributed by atoms with van der Waals surface area (Å²) in [4.78, 5) is 4.88. The fraction of sp³-hybridized carbons (Fsp3) is 0.133. The van der Waals surface area contributed by atoms with Crippen molar-refractivity contribution in [2.75, 3.05) is 10.8 Å². The number of nitrogens with zero attached hydrogens (tertiary/aromatic N) is 2. The van der Waals surface area contributed by atoms with Crippen LogP contribution >= 0.6 is 22.7 Å². The molecule has 3 rings (SSSR count). The lowest BCUT2D eigenvalue weighted by molar-refractivity contribution is 0.474. The van der Waals surface area contributed by atoms with E-state index in [0.717, 1.165) is 10.4 Å². The van der Waals surface area contributed by atoms with E-state index >= 15 is 0 Å². The third-order valence-corrected chi connectivity index (χ3v) is 5.96. The van der Waals surface area contributed by atoms with Crippen LogP contribution in [0.2, 0.25) is 0 Å². The van der Waals surface area contributed by atoms with Gasteiger partial charge in [-0.1, -0.05) is 24.3 Å². The number of aromatic nitrogens is 1. The minimum atomic E-state index is -3.98. The summed E-state index contributed by atoms with van der Waals surface area (Å²) < 4.78 is 31.6. The maximum Gasteiger partial charge on any atom is 0.411 e. The summed E-state index contributed by atoms with van der Waals surface area (Å²) in [6.45, 7) is 2.03. The first-order valence-electron chi connectivity index (χ1n) is 6.85. The summed E-state index contributed by atoms with van der Waals surface area (Å²) in [5.74, 6) is 0.0852. The van der Waals surface area contributed by atoms with Gasteiger partial charge in [0.15, 0.2) is 0 Å². The highest BCUT2D eigenvalue weighted by Gasteiger charge is 2.26. The summed E-state index contributed by atoms with van der Waals surface area (Å²) in [6.07, 6.45) is 0. The fourth-order valence-electron chi connectivity index (χ4n) is 2.18. The Morgan fingerprint density at radius 3 is 2.70 bits per heavy atom. The molecule has 0 atom stereocenters. The first-order valence-corrected chi connectivity index (χ1v) is 10.0. The van der Waals surface area contributed by atoms with Crippen molar-refractivity contribution >= 4 is 38.7 Å². The molecule has 0 saturated heterocycles. The molecule has 1 aromatic carbocycles. The van der Waals surface area contributed by atoms with Crippen molar-refractivity contribution < 1.29 is 12.6 Å². The quantitative estimate of drug-likeness (QED) is 0.661. The molecule has 3 aromatic rings. The molecular formula is C15H14N2O3S3. The summed E-state index contributed by atoms with van der Waals surface area (Å²) >= 11 is 2.84. The molecule has 0 fully saturated rings. The topological polar surface area (TPSA) is 59.5 Å². The SMILES string of the molecule is CCN(c1ccccc1-c1cccs1)S(=O)(=O)Oc1cscn1. The Kier molecular flexibility index (Phi) is 4.65. The highest BCUT2D eigenvalue weighted by Crippen LogP contribution is 2.35. The zero-order valence-electron chi connectivity index (χ0n) is 12.2. The largest absolute Gasteiger partial charge is 0.411 e. The van der Waals surface area contributed by atoms with E-state index in [4.69, 9.17) is 4.18 Å². The van der Waals surface area contributed by atoms with Gasteiger partial charge in [0.25, 0.3) is 0 Å². The Morgan fingerprint density at radius 1 is 1.22 bits per heavy atom. The molecule has 5 nitrogen and oxygen atoms in total. The van der Waals surface area contributed by atoms with Gasteiger partial charge in [0.05, 0.1) is 16.6 Å². The third kappa shape index (κ3) is 3.39. The van der Waals surface area contributed by atoms with Crippen LogP contribution in [0.25, 0.3) is 10.4 Å². The Hall–Kier alpha value is -1.90. The van der Waals surface area contributed by atoms with Crippen LogP contribution in [-0.4, -0.2) is 19.9 Å². The maximum atomic E-state index is 12.6. The summed E-state index contributed by atoms with van der Waals surface area (Å²) in [5, 5.41) is 3.51. The molecule has 2 heterocycles. The van der Waals surface area contributed by atoms with E-state index in [9.17, 15) is 8.42 Å². The zero-order valence-corrected chi connectivity index (χ0v) is 14.7. The molecule has 0 bridgehead atoms. The molecule has 0 amide bonds. The van der Waals surface area contributed by atoms with E-state index in [1.165, 1.54) is 21.2 Å². The molecule has 23 heavy (non-hydrogen) atoms. The van der Waals surface area contributed by atoms with Gasteiger partial charge in [0.1, 0.15) is 0 Å². The molecular weight excluding hydrogens is 352 g/mol. The molecule has 0 aliphatic rings. The Balaban J connectivity index is 2.02. The van der Waals surface area contributed by atoms with Gasteiger partial charge in [-0.25, -0.2) is 9.29 Å². The van der Waals surface area contributed by atoms with Crippen molar-refractivity contribution in [2.45, 2.75) is 6.92 Å². The van der Waals surface area contributed by atoms with Gasteiger partial charge in [0.2, 0.25) is 5.88 Å². The van der Waals surface area contributed by atoms with Crippen LogP contribution in [0.1, 0.15) is 6.92 Å². The molecule has 0 N–H and O–H groups in total. The number of benzene rings is 1. The van der Waals surface area contributed by atoms with Crippen molar-refractivity contribution in [3.8, 4) is 16.3 Å². The van der Waals surface area contributed by atoms with Gasteiger partial charge >= 0.3 is 10.3 Å². The second kappa shape index (κ2) is 6.69. The van der Waals surface area contributed by atoms with Crippen LogP contribution < -0.4 is 8.49 Å². The molecule has 0 unspecified atom stereocenters. The lowest BCUT2D eigenvalue weighted by Gasteiger charge is -2.23. The predicted octanol–water partition coefficient (Wildman–Crippen LogP) is 4.02. The average Bonchev–Trinajstić information content (AvgIpc) is 3.21. The zero-order chi connectivity index (χ0) is 16.3. The smallest absolute Gasteiger partial charge is 0.345 e. The fourth-order valence-corrected chi connectivity index (χ4v) is 4.56. The molecule has 2 aromatic heterocycles. The van der Waals surface area contributed by atoms with E-state index in [2.05, 4.69) is 4.98 Å². The van der Waals surface area contributed by atoms with Gasteiger partial charge < -0.3 is 4.18 Å². The third-order valence-electron chi connectivity index (χ3n) is 3.12. The van der Waals surface area contributed by atoms with Crippen molar-refractivity contribution in [3.63, 3.8) is 0 Å². The number of para-hydroxylation sites is 1. The molecule has 120 valence electrons. The van der Waals surface area contributed by atoms with Crippen LogP contribution in [0.3, 0.4) is 0 Å². The van der Waals surface area contributed by atoms with Crippen LogP contribution in [0, 0.1) is 0 Å². The minimum Gasteiger partial charge on any atom is -0.345 e. The molecule has 0 aliphatic carbocycles. The Bertz CT molecular complexity index is 859. The molecule has 8 heteroatoms. The first-order chi connectivity index (χ1) is 11.1. The number of hydrogen-bond acceptors (Lipinski definition) is 6. The number of thiazole rings is 1. The lowest BCUT2D eigenvalue weighted by atomic mass is 10.1. The van der Waals surface area contributed by atoms with Crippen LogP contribution in [0.4, 0.5) is 5.69 Å². The van der Waals surface area contributed by atoms with Gasteiger partial charge in [0, 0.05) is 17.0 Å². The van der Waals surface area contributed by atoms with E-state index in [0.29, 0.717) is 5.69 Å². The normalized spacial score (nSPS) is 11.3. The van der Waals surface area contributed by atoms with Gasteiger partial charge in [-0.15, -0.1) is 22.7 Å². The van der Waals surface area contributed by atoms with E-state index in [-0.39, 0.29) is 12.4 Å². The van der Waals surface area contributed by atoms with Crippen LogP contribution in [-0.2, 0) is 10.3 Å². The van der Waals surface area contributed by atoms with E-state index in [1.807, 2.05) is 35.7 Å². The van der Waals surface area contributed by atoms with Crippen molar-refractivity contribution in [1.29, 1.82) is 0 Å². The first kappa shape index (κ1) is 16.0. The number of thiophene rings is 1. The molecule has 0 saturated carbocycles. The van der Waals surface area contributed by atoms with E-state index < -0.39 is 10.3 Å². The number of rotatable bonds is 6. The van der Waals surface area contributed by atoms with Gasteiger partial charge in [-0.05, 0) is 24.4 Å². The van der Waals surface area contributed by atoms with Crippen molar-refractivity contribution in [1.82, 2.24) is 4.98 Å². The maximum absolute atomic E-state index is 12.6. The molecule has 0 radical (unpaired) electrons. The standard InChI is InChI=1S/C15H14N2O3S3/c1-2-17(23(18,19)20-15-10-21-11-16-15)13-7-4-3-6-12(13)14-8-5-9-22-14/h3-11H,2H2,1H3. The highest BCUT2D eigenvalue weighted by molar-refractivity contribution is 7.88. The highest BCUT2D eigenvalue weighted by atomic mass is 32.2. The lowest BCUT2D eigenvalue weighted by Crippen LogP contribution is -2.34. The summed E-state index contributed by atoms with van der Waals surface area (Å²) in [5.41, 5.74) is 2.98. The van der Waals surface area contributed by atoms with Crippen LogP contribution in [0.15, 0.2) is 52.7 Å². The molecule has 0 aliphatic heterocycles. The van der Waals surface area contributed by atoms with Crippen molar-refractivity contribution in [2.24, 2.45) is 0 Å². The predicted molar refractivity (Wildman–Crippen MR) is 94.4 cm³/mol. The second-order valence-electron chi connectivity index (χ2n) is 4.53. The summed E-state index contributed by atoms with van der Waals surface area (Å²) in [7, 11) is -3.98. The van der Waals surface area contributed by atoms with Gasteiger partial charge in [-0.2, -0.15) is 8.42 Å². The number of hydrogen-bond donors (Lipinski definition) is 0. The molecule has 0 spiro atoms. The average molecular weight is 366 g/mol. The minimum absolute atomic E-state index is 0.0852. The van der Waals surface area contributed by atoms with Crippen molar-refractivity contribution in [3.05, 3.63) is 52.7 Å². The Morgan fingerprint density at radius 2 is 2.04 bits per heavy atom.